The fourth-order valence-electron chi connectivity index (χ4n) is 9.36. The van der Waals surface area contributed by atoms with Crippen LogP contribution in [0.5, 0.6) is 0 Å². The zero-order valence-electron chi connectivity index (χ0n) is 39.1. The van der Waals surface area contributed by atoms with Gasteiger partial charge in [0.15, 0.2) is 0 Å². The normalized spacial score (nSPS) is 15.0. The third-order valence-electron chi connectivity index (χ3n) is 12.4. The average molecular weight is 1130 g/mol. The molecule has 0 bridgehead atoms. The quantitative estimate of drug-likeness (QED) is 0.0675. The van der Waals surface area contributed by atoms with Crippen molar-refractivity contribution in [3.8, 4) is 22.3 Å². The number of benzene rings is 4. The molecule has 8 rings (SSSR count). The Labute approximate surface area is 433 Å². The van der Waals surface area contributed by atoms with Crippen LogP contribution in [0.3, 0.4) is 0 Å². The summed E-state index contributed by atoms with van der Waals surface area (Å²) in [6, 6.07) is 21.7. The Kier molecular flexibility index (Phi) is 25.1. The van der Waals surface area contributed by atoms with Crippen molar-refractivity contribution >= 4 is 53.2 Å². The number of rotatable bonds is 6. The van der Waals surface area contributed by atoms with E-state index in [0.717, 1.165) is 91.1 Å². The van der Waals surface area contributed by atoms with E-state index in [0.29, 0.717) is 33.7 Å². The summed E-state index contributed by atoms with van der Waals surface area (Å²) in [4.78, 5) is 0. The third kappa shape index (κ3) is 17.6. The zero-order valence-corrected chi connectivity index (χ0v) is 44.1. The molecule has 0 N–H and O–H groups in total. The van der Waals surface area contributed by atoms with Gasteiger partial charge >= 0.3 is 54.9 Å². The van der Waals surface area contributed by atoms with Gasteiger partial charge < -0.3 is 14.4 Å². The van der Waals surface area contributed by atoms with Crippen molar-refractivity contribution in [2.75, 3.05) is 0 Å². The van der Waals surface area contributed by atoms with Crippen LogP contribution in [0.2, 0.25) is 0 Å². The first-order valence-electron chi connectivity index (χ1n) is 22.6. The van der Waals surface area contributed by atoms with Crippen molar-refractivity contribution in [3.63, 3.8) is 0 Å². The molecule has 384 valence electrons. The van der Waals surface area contributed by atoms with Gasteiger partial charge in [-0.3, -0.25) is 0 Å². The Balaban J connectivity index is 0.000000423. The molecule has 70 heavy (non-hydrogen) atoms. The molecule has 0 atom stereocenters. The van der Waals surface area contributed by atoms with Crippen LogP contribution in [0.15, 0.2) is 97.1 Å². The second kappa shape index (κ2) is 27.8. The van der Waals surface area contributed by atoms with Crippen LogP contribution in [0.1, 0.15) is 124 Å². The van der Waals surface area contributed by atoms with Gasteiger partial charge in [0.2, 0.25) is 0 Å². The van der Waals surface area contributed by atoms with Crippen LogP contribution in [-0.4, -0.2) is 6.88 Å². The summed E-state index contributed by atoms with van der Waals surface area (Å²) in [6.45, 7) is 8.56. The van der Waals surface area contributed by atoms with E-state index in [9.17, 15) is 52.7 Å². The standard InChI is InChI=1S/2C25H23F6.C3H7.CH3.2ClH.Si.Zr/c2*26-24(27,28)20-13-19(14-21(15-20)25(29,30)31)22-9-5-8-18-11-17(12-23(18)22)10-16-6-3-1-2-4-7-16;1-3-2;;;;;/h2*5,8-9,11-16H,1-4,6-7,10H2;1,3H2,2H3;1H3;2*1H;;/q4*-1;;;;. The van der Waals surface area contributed by atoms with Crippen LogP contribution in [-0.2, 0) is 60.9 Å². The van der Waals surface area contributed by atoms with Crippen LogP contribution in [0.25, 0.3) is 43.8 Å². The number of hydrogen-bond donors (Lipinski definition) is 0. The monoisotopic (exact) mass is 1120 g/mol. The molecule has 2 fully saturated rings. The molecule has 0 heterocycles. The number of halogens is 14. The Hall–Kier alpha value is -3.06. The Bertz CT molecular complexity index is 2260. The maximum atomic E-state index is 13.3. The van der Waals surface area contributed by atoms with E-state index in [1.165, 1.54) is 74.7 Å². The fraction of sp³-hybridized carbons (Fsp3) is 0.407. The van der Waals surface area contributed by atoms with Crippen molar-refractivity contribution in [1.29, 1.82) is 0 Å². The zero-order chi connectivity index (χ0) is 49.2. The van der Waals surface area contributed by atoms with Gasteiger partial charge in [0, 0.05) is 0 Å². The second-order valence-electron chi connectivity index (χ2n) is 17.6. The molecule has 16 heteroatoms. The Morgan fingerprint density at radius 1 is 0.486 bits per heavy atom. The first kappa shape index (κ1) is 63.1. The maximum absolute atomic E-state index is 13.3. The topological polar surface area (TPSA) is 0 Å². The molecule has 2 saturated carbocycles. The van der Waals surface area contributed by atoms with Gasteiger partial charge in [-0.2, -0.15) is 71.2 Å². The van der Waals surface area contributed by atoms with E-state index in [1.807, 2.05) is 43.3 Å². The van der Waals surface area contributed by atoms with Gasteiger partial charge in [-0.25, -0.2) is 0 Å². The summed E-state index contributed by atoms with van der Waals surface area (Å²) >= 11 is 1.36. The average Bonchev–Trinajstić information content (AvgIpc) is 3.65. The summed E-state index contributed by atoms with van der Waals surface area (Å²) in [5.41, 5.74) is -2.34. The number of fused-ring (bicyclic) bond motifs is 2. The summed E-state index contributed by atoms with van der Waals surface area (Å²) in [6.07, 6.45) is -2.16. The predicted octanol–water partition coefficient (Wildman–Crippen LogP) is 19.7. The van der Waals surface area contributed by atoms with Crippen LogP contribution < -0.4 is 0 Å². The van der Waals surface area contributed by atoms with Gasteiger partial charge in [-0.1, -0.05) is 107 Å². The van der Waals surface area contributed by atoms with Gasteiger partial charge in [-0.05, 0) is 72.2 Å². The van der Waals surface area contributed by atoms with Crippen molar-refractivity contribution < 1.29 is 76.0 Å². The van der Waals surface area contributed by atoms with Crippen molar-refractivity contribution in [3.05, 3.63) is 145 Å². The molecule has 0 spiro atoms. The van der Waals surface area contributed by atoms with Crippen molar-refractivity contribution in [2.45, 2.75) is 128 Å². The Morgan fingerprint density at radius 2 is 0.757 bits per heavy atom. The van der Waals surface area contributed by atoms with Crippen LogP contribution >= 0.6 is 24.8 Å². The summed E-state index contributed by atoms with van der Waals surface area (Å²) in [5.74, 6) is 1.15. The molecule has 6 aromatic carbocycles. The minimum absolute atomic E-state index is 0. The van der Waals surface area contributed by atoms with E-state index in [2.05, 4.69) is 13.8 Å². The van der Waals surface area contributed by atoms with Gasteiger partial charge in [-0.15, -0.1) is 93.9 Å². The van der Waals surface area contributed by atoms with Gasteiger partial charge in [0.25, 0.3) is 0 Å². The first-order chi connectivity index (χ1) is 31.6. The summed E-state index contributed by atoms with van der Waals surface area (Å²) < 4.78 is 160. The second-order valence-corrected chi connectivity index (χ2v) is 17.6. The molecule has 2 aliphatic rings. The number of alkyl halides is 12. The fourth-order valence-corrected chi connectivity index (χ4v) is 9.36. The van der Waals surface area contributed by atoms with E-state index in [1.54, 1.807) is 24.3 Å². The molecule has 0 unspecified atom stereocenters. The molecule has 0 aliphatic heterocycles. The van der Waals surface area contributed by atoms with Gasteiger partial charge in [0.1, 0.15) is 0 Å². The van der Waals surface area contributed by atoms with E-state index < -0.39 is 47.0 Å². The molecule has 0 saturated heterocycles. The predicted molar refractivity (Wildman–Crippen MR) is 262 cm³/mol. The molecule has 2 aliphatic carbocycles. The summed E-state index contributed by atoms with van der Waals surface area (Å²) in [7, 11) is 0. The molecule has 0 aromatic heterocycles. The van der Waals surface area contributed by atoms with Crippen LogP contribution in [0.4, 0.5) is 52.7 Å². The summed E-state index contributed by atoms with van der Waals surface area (Å²) in [5, 5.41) is 3.07. The van der Waals surface area contributed by atoms with Crippen LogP contribution in [0, 0.1) is 26.2 Å². The molecule has 6 aromatic rings. The van der Waals surface area contributed by atoms with E-state index in [4.69, 9.17) is 0 Å². The third-order valence-corrected chi connectivity index (χ3v) is 12.4. The molecule has 0 nitrogen and oxygen atoms in total. The van der Waals surface area contributed by atoms with E-state index in [-0.39, 0.29) is 55.5 Å². The SMILES string of the molecule is Cl.Cl.FC(F)(F)c1cc(-c2cccc3[cH-]c(CC4CCCCCC4)cc23)cc(C(F)(F)F)c1.FC(F)(F)c1cc(-c2cccc3[cH-]c(CC4CCCCCC4)cc23)cc(C(F)(F)F)c1.[CH2-]CC.[CH3-].[Si]=[Zr]. The van der Waals surface area contributed by atoms with Crippen molar-refractivity contribution in [1.82, 2.24) is 0 Å². The molecule has 0 amide bonds. The molecular weight excluding hydrogens is 1070 g/mol. The number of hydrogen-bond acceptors (Lipinski definition) is 0. The Morgan fingerprint density at radius 3 is 1.01 bits per heavy atom. The van der Waals surface area contributed by atoms with Crippen molar-refractivity contribution in [2.24, 2.45) is 11.8 Å². The van der Waals surface area contributed by atoms with E-state index >= 15 is 0 Å². The minimum atomic E-state index is -4.86. The molecular formula is C54H58Cl2F12SiZr-4. The first-order valence-corrected chi connectivity index (χ1v) is 26.8. The van der Waals surface area contributed by atoms with Gasteiger partial charge in [0.05, 0.1) is 22.3 Å². The molecule has 2 radical (unpaired) electrons.